The summed E-state index contributed by atoms with van der Waals surface area (Å²) in [6.45, 7) is 3.31. The van der Waals surface area contributed by atoms with Gasteiger partial charge in [0, 0.05) is 11.1 Å². The largest absolute Gasteiger partial charge is 0.460 e. The molecule has 0 amide bonds. The van der Waals surface area contributed by atoms with Crippen LogP contribution < -0.4 is 0 Å². The highest BCUT2D eigenvalue weighted by Gasteiger charge is 2.08. The molecule has 2 aromatic rings. The number of Topliss-reactive ketones (excluding diaryl/α,β-unsaturated/α-hetero) is 2. The third-order valence-electron chi connectivity index (χ3n) is 3.60. The van der Waals surface area contributed by atoms with Crippen LogP contribution in [-0.4, -0.2) is 30.7 Å². The molecular weight excluding hydrogens is 336 g/mol. The molecule has 0 saturated heterocycles. The normalized spacial score (nSPS) is 10.4. The Morgan fingerprint density at radius 3 is 1.73 bits per heavy atom. The average Bonchev–Trinajstić information content (AvgIpc) is 2.64. The molecule has 0 N–H and O–H groups in total. The number of ketones is 2. The Balaban J connectivity index is 1.64. The molecule has 2 rings (SSSR count). The van der Waals surface area contributed by atoms with Crippen LogP contribution >= 0.6 is 0 Å². The van der Waals surface area contributed by atoms with Gasteiger partial charge in [0.05, 0.1) is 5.56 Å². The Morgan fingerprint density at radius 2 is 1.19 bits per heavy atom. The SMILES string of the molecule is CC(=O)c1ccc(COOCCOC(=O)c2ccc(C(C)=O)cc2)cc1. The quantitative estimate of drug-likeness (QED) is 0.225. The zero-order valence-corrected chi connectivity index (χ0v) is 14.7. The lowest BCUT2D eigenvalue weighted by atomic mass is 10.1. The third kappa shape index (κ3) is 5.91. The molecule has 136 valence electrons. The number of carbonyl (C=O) groups is 3. The van der Waals surface area contributed by atoms with Gasteiger partial charge in [-0.15, -0.1) is 0 Å². The second kappa shape index (κ2) is 9.60. The molecule has 0 saturated carbocycles. The van der Waals surface area contributed by atoms with Crippen molar-refractivity contribution in [2.75, 3.05) is 13.2 Å². The molecule has 0 bridgehead atoms. The first kappa shape index (κ1) is 19.5. The number of hydrogen-bond acceptors (Lipinski definition) is 6. The number of ether oxygens (including phenoxy) is 1. The van der Waals surface area contributed by atoms with Gasteiger partial charge in [-0.3, -0.25) is 9.59 Å². The maximum absolute atomic E-state index is 11.8. The molecule has 0 fully saturated rings. The van der Waals surface area contributed by atoms with Crippen molar-refractivity contribution in [1.29, 1.82) is 0 Å². The van der Waals surface area contributed by atoms with Crippen molar-refractivity contribution in [1.82, 2.24) is 0 Å². The fourth-order valence-corrected chi connectivity index (χ4v) is 2.10. The Labute approximate surface area is 151 Å². The van der Waals surface area contributed by atoms with Crippen LogP contribution in [0.4, 0.5) is 0 Å². The zero-order chi connectivity index (χ0) is 18.9. The highest BCUT2D eigenvalue weighted by molar-refractivity contribution is 5.96. The molecule has 0 heterocycles. The lowest BCUT2D eigenvalue weighted by molar-refractivity contribution is -0.306. The lowest BCUT2D eigenvalue weighted by Gasteiger charge is -2.07. The molecule has 0 radical (unpaired) electrons. The molecule has 0 aromatic heterocycles. The van der Waals surface area contributed by atoms with Crippen LogP contribution in [0.15, 0.2) is 48.5 Å². The van der Waals surface area contributed by atoms with Gasteiger partial charge < -0.3 is 4.74 Å². The summed E-state index contributed by atoms with van der Waals surface area (Å²) in [7, 11) is 0. The topological polar surface area (TPSA) is 78.9 Å². The Kier molecular flexibility index (Phi) is 7.20. The van der Waals surface area contributed by atoms with Gasteiger partial charge in [-0.25, -0.2) is 14.6 Å². The van der Waals surface area contributed by atoms with Crippen LogP contribution in [0.1, 0.15) is 50.5 Å². The summed E-state index contributed by atoms with van der Waals surface area (Å²) >= 11 is 0. The van der Waals surface area contributed by atoms with Gasteiger partial charge in [0.1, 0.15) is 19.8 Å². The van der Waals surface area contributed by atoms with Gasteiger partial charge in [-0.1, -0.05) is 36.4 Å². The van der Waals surface area contributed by atoms with E-state index in [-0.39, 0.29) is 31.4 Å². The Hall–Kier alpha value is -2.83. The van der Waals surface area contributed by atoms with E-state index in [0.717, 1.165) is 5.56 Å². The van der Waals surface area contributed by atoms with E-state index in [1.54, 1.807) is 48.5 Å². The smallest absolute Gasteiger partial charge is 0.338 e. The van der Waals surface area contributed by atoms with Crippen LogP contribution in [0.2, 0.25) is 0 Å². The van der Waals surface area contributed by atoms with E-state index >= 15 is 0 Å². The van der Waals surface area contributed by atoms with E-state index in [0.29, 0.717) is 16.7 Å². The van der Waals surface area contributed by atoms with Crippen LogP contribution in [0.25, 0.3) is 0 Å². The van der Waals surface area contributed by atoms with E-state index in [2.05, 4.69) is 0 Å². The molecule has 0 unspecified atom stereocenters. The Morgan fingerprint density at radius 1 is 0.692 bits per heavy atom. The summed E-state index contributed by atoms with van der Waals surface area (Å²) < 4.78 is 5.06. The average molecular weight is 356 g/mol. The fraction of sp³-hybridized carbons (Fsp3) is 0.250. The van der Waals surface area contributed by atoms with Crippen molar-refractivity contribution in [3.05, 3.63) is 70.8 Å². The van der Waals surface area contributed by atoms with Crippen molar-refractivity contribution >= 4 is 17.5 Å². The van der Waals surface area contributed by atoms with Crippen molar-refractivity contribution in [2.45, 2.75) is 20.5 Å². The van der Waals surface area contributed by atoms with Gasteiger partial charge >= 0.3 is 5.97 Å². The first-order valence-electron chi connectivity index (χ1n) is 8.10. The molecular formula is C20H20O6. The maximum atomic E-state index is 11.8. The van der Waals surface area contributed by atoms with Crippen LogP contribution in [0.5, 0.6) is 0 Å². The standard InChI is InChI=1S/C20H20O6/c1-14(21)17-5-3-16(4-6-17)13-26-25-12-11-24-20(23)19-9-7-18(8-10-19)15(2)22/h3-10H,11-13H2,1-2H3. The summed E-state index contributed by atoms with van der Waals surface area (Å²) in [5.74, 6) is -0.554. The van der Waals surface area contributed by atoms with Crippen molar-refractivity contribution in [3.8, 4) is 0 Å². The van der Waals surface area contributed by atoms with E-state index in [1.165, 1.54) is 13.8 Å². The van der Waals surface area contributed by atoms with Gasteiger partial charge in [-0.2, -0.15) is 0 Å². The predicted octanol–water partition coefficient (Wildman–Crippen LogP) is 3.40. The van der Waals surface area contributed by atoms with Crippen LogP contribution in [0, 0.1) is 0 Å². The molecule has 6 heteroatoms. The number of benzene rings is 2. The molecule has 2 aromatic carbocycles. The number of carbonyl (C=O) groups excluding carboxylic acids is 3. The molecule has 0 aliphatic rings. The minimum atomic E-state index is -0.497. The highest BCUT2D eigenvalue weighted by Crippen LogP contribution is 2.08. The van der Waals surface area contributed by atoms with E-state index < -0.39 is 5.97 Å². The molecule has 0 aliphatic heterocycles. The summed E-state index contributed by atoms with van der Waals surface area (Å²) in [6.07, 6.45) is 0. The van der Waals surface area contributed by atoms with Crippen molar-refractivity contribution in [2.24, 2.45) is 0 Å². The second-order valence-electron chi connectivity index (χ2n) is 5.61. The van der Waals surface area contributed by atoms with E-state index in [9.17, 15) is 14.4 Å². The van der Waals surface area contributed by atoms with Crippen LogP contribution in [-0.2, 0) is 21.1 Å². The molecule has 26 heavy (non-hydrogen) atoms. The molecule has 0 aliphatic carbocycles. The predicted molar refractivity (Wildman–Crippen MR) is 93.9 cm³/mol. The van der Waals surface area contributed by atoms with Crippen LogP contribution in [0.3, 0.4) is 0 Å². The minimum Gasteiger partial charge on any atom is -0.460 e. The number of hydrogen-bond donors (Lipinski definition) is 0. The summed E-state index contributed by atoms with van der Waals surface area (Å²) in [5.41, 5.74) is 2.39. The lowest BCUT2D eigenvalue weighted by Crippen LogP contribution is -2.11. The summed E-state index contributed by atoms with van der Waals surface area (Å²) in [6, 6.07) is 13.3. The number of rotatable bonds is 9. The second-order valence-corrected chi connectivity index (χ2v) is 5.61. The summed E-state index contributed by atoms with van der Waals surface area (Å²) in [5, 5.41) is 0. The molecule has 0 spiro atoms. The minimum absolute atomic E-state index is 0.00599. The summed E-state index contributed by atoms with van der Waals surface area (Å²) in [4.78, 5) is 44.2. The van der Waals surface area contributed by atoms with Gasteiger partial charge in [0.25, 0.3) is 0 Å². The maximum Gasteiger partial charge on any atom is 0.338 e. The van der Waals surface area contributed by atoms with Gasteiger partial charge in [0.15, 0.2) is 11.6 Å². The monoisotopic (exact) mass is 356 g/mol. The van der Waals surface area contributed by atoms with Gasteiger partial charge in [0.2, 0.25) is 0 Å². The van der Waals surface area contributed by atoms with E-state index in [1.807, 2.05) is 0 Å². The van der Waals surface area contributed by atoms with Crippen molar-refractivity contribution < 1.29 is 28.9 Å². The third-order valence-corrected chi connectivity index (χ3v) is 3.60. The first-order valence-corrected chi connectivity index (χ1v) is 8.10. The van der Waals surface area contributed by atoms with Crippen molar-refractivity contribution in [3.63, 3.8) is 0 Å². The fourth-order valence-electron chi connectivity index (χ4n) is 2.10. The zero-order valence-electron chi connectivity index (χ0n) is 14.7. The molecule has 6 nitrogen and oxygen atoms in total. The van der Waals surface area contributed by atoms with Gasteiger partial charge in [-0.05, 0) is 31.5 Å². The highest BCUT2D eigenvalue weighted by atomic mass is 17.2. The molecule has 0 atom stereocenters. The number of esters is 1. The Bertz CT molecular complexity index is 762. The first-order chi connectivity index (χ1) is 12.5. The van der Waals surface area contributed by atoms with E-state index in [4.69, 9.17) is 14.5 Å².